The first-order valence-corrected chi connectivity index (χ1v) is 10.9. The molecule has 2 aromatic rings. The molecule has 0 saturated carbocycles. The van der Waals surface area contributed by atoms with E-state index in [2.05, 4.69) is 37.7 Å². The highest BCUT2D eigenvalue weighted by Gasteiger charge is 2.22. The number of anilines is 2. The van der Waals surface area contributed by atoms with E-state index < -0.39 is 0 Å². The molecule has 2 aliphatic heterocycles. The average molecular weight is 384 g/mol. The van der Waals surface area contributed by atoms with Gasteiger partial charge < -0.3 is 19.7 Å². The molecular formula is C21H33N7. The minimum Gasteiger partial charge on any atom is -0.356 e. The van der Waals surface area contributed by atoms with Crippen LogP contribution in [0.3, 0.4) is 0 Å². The molecule has 4 rings (SSSR count). The maximum atomic E-state index is 4.93. The van der Waals surface area contributed by atoms with Crippen LogP contribution in [0.1, 0.15) is 44.7 Å². The van der Waals surface area contributed by atoms with Crippen LogP contribution in [0.25, 0.3) is 0 Å². The summed E-state index contributed by atoms with van der Waals surface area (Å²) in [5.41, 5.74) is 1.16. The molecule has 4 heterocycles. The molecular weight excluding hydrogens is 350 g/mol. The number of hydrogen-bond acceptors (Lipinski definition) is 6. The lowest BCUT2D eigenvalue weighted by molar-refractivity contribution is 0.406. The molecule has 0 bridgehead atoms. The molecule has 152 valence electrons. The first-order chi connectivity index (χ1) is 13.8. The zero-order valence-electron chi connectivity index (χ0n) is 17.1. The number of imidazole rings is 1. The summed E-state index contributed by atoms with van der Waals surface area (Å²) in [5, 5.41) is 3.73. The van der Waals surface area contributed by atoms with Crippen molar-refractivity contribution in [3.05, 3.63) is 30.5 Å². The van der Waals surface area contributed by atoms with Gasteiger partial charge in [0.05, 0.1) is 6.33 Å². The number of nitrogens with one attached hydrogen (secondary N) is 1. The second-order valence-corrected chi connectivity index (χ2v) is 7.93. The molecule has 0 spiro atoms. The summed E-state index contributed by atoms with van der Waals surface area (Å²) in [6.45, 7) is 8.61. The van der Waals surface area contributed by atoms with Crippen molar-refractivity contribution < 1.29 is 0 Å². The molecule has 0 aromatic carbocycles. The Morgan fingerprint density at radius 3 is 2.61 bits per heavy atom. The standard InChI is InChI=1S/C21H33N7/c1-2-18-16-20(25-21(24-18)28-11-3-4-12-28)27-13-6-19(7-14-27)23-8-5-10-26-15-9-22-17-26/h9,15-17,19,23H,2-8,10-14H2,1H3. The molecule has 0 radical (unpaired) electrons. The predicted molar refractivity (Wildman–Crippen MR) is 113 cm³/mol. The number of hydrogen-bond donors (Lipinski definition) is 1. The summed E-state index contributed by atoms with van der Waals surface area (Å²) in [7, 11) is 0. The molecule has 2 aromatic heterocycles. The first-order valence-electron chi connectivity index (χ1n) is 10.9. The third kappa shape index (κ3) is 4.82. The monoisotopic (exact) mass is 383 g/mol. The van der Waals surface area contributed by atoms with Crippen LogP contribution in [-0.4, -0.2) is 58.3 Å². The molecule has 0 amide bonds. The Morgan fingerprint density at radius 2 is 1.89 bits per heavy atom. The van der Waals surface area contributed by atoms with E-state index >= 15 is 0 Å². The number of rotatable bonds is 8. The van der Waals surface area contributed by atoms with Gasteiger partial charge in [-0.2, -0.15) is 4.98 Å². The maximum Gasteiger partial charge on any atom is 0.227 e. The Labute approximate surface area is 168 Å². The maximum absolute atomic E-state index is 4.93. The lowest BCUT2D eigenvalue weighted by atomic mass is 10.0. The van der Waals surface area contributed by atoms with Crippen molar-refractivity contribution in [1.29, 1.82) is 0 Å². The van der Waals surface area contributed by atoms with Gasteiger partial charge in [-0.05, 0) is 45.1 Å². The quantitative estimate of drug-likeness (QED) is 0.707. The van der Waals surface area contributed by atoms with Crippen LogP contribution in [0.4, 0.5) is 11.8 Å². The second-order valence-electron chi connectivity index (χ2n) is 7.93. The predicted octanol–water partition coefficient (Wildman–Crippen LogP) is 2.48. The second kappa shape index (κ2) is 9.37. The average Bonchev–Trinajstić information content (AvgIpc) is 3.45. The van der Waals surface area contributed by atoms with Crippen molar-refractivity contribution >= 4 is 11.8 Å². The molecule has 2 aliphatic rings. The normalized spacial score (nSPS) is 18.2. The van der Waals surface area contributed by atoms with Crippen LogP contribution >= 0.6 is 0 Å². The van der Waals surface area contributed by atoms with Crippen LogP contribution in [0.15, 0.2) is 24.8 Å². The summed E-state index contributed by atoms with van der Waals surface area (Å²) in [6, 6.07) is 2.81. The molecule has 7 heteroatoms. The lowest BCUT2D eigenvalue weighted by Crippen LogP contribution is -2.43. The van der Waals surface area contributed by atoms with Crippen molar-refractivity contribution in [2.24, 2.45) is 0 Å². The van der Waals surface area contributed by atoms with Gasteiger partial charge in [-0.3, -0.25) is 0 Å². The van der Waals surface area contributed by atoms with Crippen LogP contribution < -0.4 is 15.1 Å². The topological polar surface area (TPSA) is 62.1 Å². The van der Waals surface area contributed by atoms with Gasteiger partial charge in [-0.15, -0.1) is 0 Å². The lowest BCUT2D eigenvalue weighted by Gasteiger charge is -2.34. The molecule has 0 atom stereocenters. The van der Waals surface area contributed by atoms with E-state index in [1.807, 2.05) is 18.7 Å². The zero-order valence-corrected chi connectivity index (χ0v) is 17.1. The minimum atomic E-state index is 0.615. The Morgan fingerprint density at radius 1 is 1.07 bits per heavy atom. The Kier molecular flexibility index (Phi) is 6.41. The summed E-state index contributed by atoms with van der Waals surface area (Å²) < 4.78 is 2.14. The van der Waals surface area contributed by atoms with Gasteiger partial charge in [0.2, 0.25) is 5.95 Å². The van der Waals surface area contributed by atoms with Gasteiger partial charge in [-0.1, -0.05) is 6.92 Å². The fraction of sp³-hybridized carbons (Fsp3) is 0.667. The first kappa shape index (κ1) is 19.2. The van der Waals surface area contributed by atoms with Crippen molar-refractivity contribution in [2.45, 2.75) is 58.0 Å². The van der Waals surface area contributed by atoms with E-state index in [1.165, 1.54) is 25.7 Å². The number of aryl methyl sites for hydroxylation is 2. The number of aromatic nitrogens is 4. The van der Waals surface area contributed by atoms with E-state index in [1.54, 1.807) is 0 Å². The van der Waals surface area contributed by atoms with Gasteiger partial charge in [0.15, 0.2) is 0 Å². The number of piperidine rings is 1. The Hall–Kier alpha value is -2.15. The summed E-state index contributed by atoms with van der Waals surface area (Å²) >= 11 is 0. The van der Waals surface area contributed by atoms with Crippen molar-refractivity contribution in [3.63, 3.8) is 0 Å². The van der Waals surface area contributed by atoms with Gasteiger partial charge in [-0.25, -0.2) is 9.97 Å². The highest BCUT2D eigenvalue weighted by atomic mass is 15.3. The van der Waals surface area contributed by atoms with E-state index in [4.69, 9.17) is 9.97 Å². The van der Waals surface area contributed by atoms with Gasteiger partial charge >= 0.3 is 0 Å². The van der Waals surface area contributed by atoms with Gasteiger partial charge in [0.25, 0.3) is 0 Å². The van der Waals surface area contributed by atoms with E-state index in [0.29, 0.717) is 6.04 Å². The van der Waals surface area contributed by atoms with Crippen molar-refractivity contribution in [1.82, 2.24) is 24.8 Å². The molecule has 2 saturated heterocycles. The van der Waals surface area contributed by atoms with Gasteiger partial charge in [0, 0.05) is 62.9 Å². The Balaban J connectivity index is 1.27. The van der Waals surface area contributed by atoms with Gasteiger partial charge in [0.1, 0.15) is 5.82 Å². The molecule has 1 N–H and O–H groups in total. The minimum absolute atomic E-state index is 0.615. The van der Waals surface area contributed by atoms with Crippen LogP contribution in [0.5, 0.6) is 0 Å². The fourth-order valence-corrected chi connectivity index (χ4v) is 4.17. The van der Waals surface area contributed by atoms with E-state index in [-0.39, 0.29) is 0 Å². The van der Waals surface area contributed by atoms with Crippen LogP contribution in [0, 0.1) is 0 Å². The van der Waals surface area contributed by atoms with Crippen molar-refractivity contribution in [3.8, 4) is 0 Å². The molecule has 7 nitrogen and oxygen atoms in total. The van der Waals surface area contributed by atoms with Crippen LogP contribution in [0.2, 0.25) is 0 Å². The molecule has 28 heavy (non-hydrogen) atoms. The van der Waals surface area contributed by atoms with E-state index in [9.17, 15) is 0 Å². The molecule has 0 aliphatic carbocycles. The highest BCUT2D eigenvalue weighted by molar-refractivity contribution is 5.47. The third-order valence-electron chi connectivity index (χ3n) is 5.91. The zero-order chi connectivity index (χ0) is 19.2. The Bertz CT molecular complexity index is 716. The largest absolute Gasteiger partial charge is 0.356 e. The summed E-state index contributed by atoms with van der Waals surface area (Å²) in [4.78, 5) is 18.6. The highest BCUT2D eigenvalue weighted by Crippen LogP contribution is 2.23. The van der Waals surface area contributed by atoms with E-state index in [0.717, 1.165) is 69.6 Å². The van der Waals surface area contributed by atoms with Crippen molar-refractivity contribution in [2.75, 3.05) is 42.5 Å². The summed E-state index contributed by atoms with van der Waals surface area (Å²) in [5.74, 6) is 2.05. The summed E-state index contributed by atoms with van der Waals surface area (Å²) in [6.07, 6.45) is 12.7. The number of nitrogens with zero attached hydrogens (tertiary/aromatic N) is 6. The fourth-order valence-electron chi connectivity index (χ4n) is 4.17. The van der Waals surface area contributed by atoms with Crippen LogP contribution in [-0.2, 0) is 13.0 Å². The SMILES string of the molecule is CCc1cc(N2CCC(NCCCn3ccnc3)CC2)nc(N2CCCC2)n1. The molecule has 0 unspecified atom stereocenters. The smallest absolute Gasteiger partial charge is 0.227 e. The molecule has 2 fully saturated rings. The third-order valence-corrected chi connectivity index (χ3v) is 5.91.